The van der Waals surface area contributed by atoms with E-state index >= 15 is 0 Å². The Morgan fingerprint density at radius 1 is 1.37 bits per heavy atom. The number of carbonyl (C=O) groups excluding carboxylic acids is 1. The van der Waals surface area contributed by atoms with Crippen LogP contribution in [0.25, 0.3) is 0 Å². The summed E-state index contributed by atoms with van der Waals surface area (Å²) in [5.74, 6) is 0.608. The fraction of sp³-hybridized carbons (Fsp3) is 0.682. The molecular formula is C22H38N2O3. The Morgan fingerprint density at radius 3 is 2.63 bits per heavy atom. The van der Waals surface area contributed by atoms with E-state index in [0.29, 0.717) is 19.1 Å². The molecule has 0 spiro atoms. The summed E-state index contributed by atoms with van der Waals surface area (Å²) < 4.78 is 10.8. The van der Waals surface area contributed by atoms with E-state index in [1.165, 1.54) is 17.5 Å². The second kappa shape index (κ2) is 11.3. The monoisotopic (exact) mass is 378 g/mol. The summed E-state index contributed by atoms with van der Waals surface area (Å²) in [7, 11) is 0. The summed E-state index contributed by atoms with van der Waals surface area (Å²) in [5, 5.41) is 0. The van der Waals surface area contributed by atoms with Crippen molar-refractivity contribution in [2.45, 2.75) is 66.1 Å². The smallest absolute Gasteiger partial charge is 0.410 e. The summed E-state index contributed by atoms with van der Waals surface area (Å²) >= 11 is 0. The highest BCUT2D eigenvalue weighted by molar-refractivity contribution is 5.68. The van der Waals surface area contributed by atoms with E-state index in [4.69, 9.17) is 15.2 Å². The van der Waals surface area contributed by atoms with Gasteiger partial charge in [-0.05, 0) is 58.9 Å². The fourth-order valence-electron chi connectivity index (χ4n) is 2.95. The molecule has 1 aliphatic heterocycles. The number of ether oxygens (including phenoxy) is 2. The Bertz CT molecular complexity index is 569. The van der Waals surface area contributed by atoms with Crippen molar-refractivity contribution in [1.82, 2.24) is 4.90 Å². The predicted molar refractivity (Wildman–Crippen MR) is 111 cm³/mol. The summed E-state index contributed by atoms with van der Waals surface area (Å²) in [6.07, 6.45) is 2.30. The molecule has 2 N–H and O–H groups in total. The molecule has 2 unspecified atom stereocenters. The minimum absolute atomic E-state index is 0.142. The quantitative estimate of drug-likeness (QED) is 0.826. The largest absolute Gasteiger partial charge is 0.444 e. The Morgan fingerprint density at radius 2 is 2.07 bits per heavy atom. The molecule has 1 aliphatic rings. The van der Waals surface area contributed by atoms with Crippen LogP contribution in [0, 0.1) is 12.8 Å². The summed E-state index contributed by atoms with van der Waals surface area (Å²) in [6.45, 7) is 14.9. The molecule has 0 aliphatic carbocycles. The second-order valence-corrected chi connectivity index (χ2v) is 8.39. The van der Waals surface area contributed by atoms with Gasteiger partial charge in [-0.25, -0.2) is 4.79 Å². The van der Waals surface area contributed by atoms with Gasteiger partial charge < -0.3 is 20.1 Å². The van der Waals surface area contributed by atoms with Gasteiger partial charge in [0.2, 0.25) is 0 Å². The minimum atomic E-state index is -0.377. The van der Waals surface area contributed by atoms with Gasteiger partial charge >= 0.3 is 6.09 Å². The predicted octanol–water partition coefficient (Wildman–Crippen LogP) is 4.68. The maximum absolute atomic E-state index is 11.7. The molecule has 2 rings (SSSR count). The van der Waals surface area contributed by atoms with Crippen LogP contribution in [-0.4, -0.2) is 42.8 Å². The molecule has 5 nitrogen and oxygen atoms in total. The van der Waals surface area contributed by atoms with Crippen molar-refractivity contribution in [2.75, 3.05) is 26.2 Å². The van der Waals surface area contributed by atoms with Gasteiger partial charge in [0.15, 0.2) is 0 Å². The van der Waals surface area contributed by atoms with Crippen LogP contribution >= 0.6 is 0 Å². The lowest BCUT2D eigenvalue weighted by molar-refractivity contribution is 0.0174. The summed E-state index contributed by atoms with van der Waals surface area (Å²) in [6, 6.07) is 8.35. The first-order chi connectivity index (χ1) is 12.6. The van der Waals surface area contributed by atoms with Gasteiger partial charge in [-0.3, -0.25) is 0 Å². The lowest BCUT2D eigenvalue weighted by Gasteiger charge is -2.32. The van der Waals surface area contributed by atoms with E-state index in [2.05, 4.69) is 32.0 Å². The lowest BCUT2D eigenvalue weighted by Crippen LogP contribution is -2.42. The van der Waals surface area contributed by atoms with Crippen molar-refractivity contribution in [3.05, 3.63) is 35.4 Å². The van der Waals surface area contributed by atoms with Crippen LogP contribution < -0.4 is 5.73 Å². The average molecular weight is 379 g/mol. The first-order valence-electron chi connectivity index (χ1n) is 9.98. The molecule has 0 bridgehead atoms. The number of benzene rings is 1. The molecule has 1 heterocycles. The first kappa shape index (κ1) is 23.4. The van der Waals surface area contributed by atoms with Crippen LogP contribution in [-0.2, 0) is 9.47 Å². The molecular weight excluding hydrogens is 340 g/mol. The number of nitrogens with two attached hydrogens (primary N) is 1. The first-order valence-corrected chi connectivity index (χ1v) is 9.98. The van der Waals surface area contributed by atoms with Gasteiger partial charge in [0.05, 0.1) is 12.7 Å². The van der Waals surface area contributed by atoms with Crippen molar-refractivity contribution in [1.29, 1.82) is 0 Å². The van der Waals surface area contributed by atoms with Crippen LogP contribution in [0.2, 0.25) is 0 Å². The molecule has 1 amide bonds. The zero-order valence-electron chi connectivity index (χ0n) is 18.0. The molecule has 5 heteroatoms. The fourth-order valence-corrected chi connectivity index (χ4v) is 2.95. The van der Waals surface area contributed by atoms with Crippen LogP contribution in [0.15, 0.2) is 24.3 Å². The molecule has 1 aromatic carbocycles. The van der Waals surface area contributed by atoms with Crippen LogP contribution in [0.5, 0.6) is 0 Å². The van der Waals surface area contributed by atoms with E-state index in [-0.39, 0.29) is 17.8 Å². The number of rotatable bonds is 4. The maximum atomic E-state index is 11.7. The Kier molecular flexibility index (Phi) is 9.81. The molecule has 0 aromatic heterocycles. The third-order valence-electron chi connectivity index (χ3n) is 4.31. The van der Waals surface area contributed by atoms with Gasteiger partial charge in [0, 0.05) is 19.6 Å². The molecule has 2 atom stereocenters. The van der Waals surface area contributed by atoms with E-state index in [9.17, 15) is 4.79 Å². The molecule has 27 heavy (non-hydrogen) atoms. The number of aryl methyl sites for hydroxylation is 1. The van der Waals surface area contributed by atoms with Crippen molar-refractivity contribution >= 4 is 6.09 Å². The standard InChI is InChI=1S/C11H21NO2.C11H17NO/c1-9-6-5-7-12(8-9)10(13)14-11(2,3)4;1-9-4-3-5-11(8-9)10(2)13-7-6-12/h9H,5-8H2,1-4H3;3-5,8,10H,6-7,12H2,1-2H3. The summed E-state index contributed by atoms with van der Waals surface area (Å²) in [5.41, 5.74) is 7.46. The van der Waals surface area contributed by atoms with Crippen molar-refractivity contribution in [3.8, 4) is 0 Å². The SMILES string of the molecule is CC1CCCN(C(=O)OC(C)(C)C)C1.Cc1cccc(C(C)OCCN)c1. The van der Waals surface area contributed by atoms with Gasteiger partial charge in [-0.1, -0.05) is 36.8 Å². The number of hydrogen-bond acceptors (Lipinski definition) is 4. The van der Waals surface area contributed by atoms with Crippen molar-refractivity contribution in [2.24, 2.45) is 11.7 Å². The average Bonchev–Trinajstić information content (AvgIpc) is 2.59. The van der Waals surface area contributed by atoms with Crippen LogP contribution in [0.1, 0.15) is 64.7 Å². The minimum Gasteiger partial charge on any atom is -0.444 e. The highest BCUT2D eigenvalue weighted by atomic mass is 16.6. The highest BCUT2D eigenvalue weighted by Gasteiger charge is 2.25. The van der Waals surface area contributed by atoms with Gasteiger partial charge in [-0.15, -0.1) is 0 Å². The lowest BCUT2D eigenvalue weighted by atomic mass is 10.0. The third kappa shape index (κ3) is 9.78. The number of hydrogen-bond donors (Lipinski definition) is 1. The Balaban J connectivity index is 0.000000271. The Labute approximate surface area is 165 Å². The number of piperidine rings is 1. The molecule has 154 valence electrons. The normalized spacial score (nSPS) is 18.3. The Hall–Kier alpha value is -1.59. The zero-order chi connectivity index (χ0) is 20.4. The highest BCUT2D eigenvalue weighted by Crippen LogP contribution is 2.18. The van der Waals surface area contributed by atoms with E-state index < -0.39 is 0 Å². The number of carbonyl (C=O) groups is 1. The number of nitrogens with zero attached hydrogens (tertiary/aromatic N) is 1. The number of amides is 1. The third-order valence-corrected chi connectivity index (χ3v) is 4.31. The molecule has 1 fully saturated rings. The van der Waals surface area contributed by atoms with Crippen LogP contribution in [0.4, 0.5) is 4.79 Å². The second-order valence-electron chi connectivity index (χ2n) is 8.39. The van der Waals surface area contributed by atoms with Gasteiger partial charge in [0.1, 0.15) is 5.60 Å². The van der Waals surface area contributed by atoms with Gasteiger partial charge in [-0.2, -0.15) is 0 Å². The molecule has 0 saturated carbocycles. The van der Waals surface area contributed by atoms with E-state index in [0.717, 1.165) is 19.5 Å². The van der Waals surface area contributed by atoms with Crippen molar-refractivity contribution in [3.63, 3.8) is 0 Å². The van der Waals surface area contributed by atoms with Gasteiger partial charge in [0.25, 0.3) is 0 Å². The van der Waals surface area contributed by atoms with E-state index in [1.807, 2.05) is 38.7 Å². The van der Waals surface area contributed by atoms with Crippen LogP contribution in [0.3, 0.4) is 0 Å². The summed E-state index contributed by atoms with van der Waals surface area (Å²) in [4.78, 5) is 13.5. The molecule has 1 aromatic rings. The topological polar surface area (TPSA) is 64.8 Å². The molecule has 1 saturated heterocycles. The number of likely N-dealkylation sites (tertiary alicyclic amines) is 1. The molecule has 0 radical (unpaired) electrons. The maximum Gasteiger partial charge on any atom is 0.410 e. The van der Waals surface area contributed by atoms with E-state index in [1.54, 1.807) is 0 Å². The zero-order valence-corrected chi connectivity index (χ0v) is 18.0. The van der Waals surface area contributed by atoms with Crippen molar-refractivity contribution < 1.29 is 14.3 Å².